The Morgan fingerprint density at radius 3 is 2.78 bits per heavy atom. The van der Waals surface area contributed by atoms with Crippen LogP contribution in [0.25, 0.3) is 0 Å². The van der Waals surface area contributed by atoms with Gasteiger partial charge in [0.15, 0.2) is 0 Å². The number of nitrogens with zero attached hydrogens (tertiary/aromatic N) is 1. The van der Waals surface area contributed by atoms with Crippen LogP contribution in [0.4, 0.5) is 5.69 Å². The highest BCUT2D eigenvalue weighted by atomic mass is 32.2. The molecule has 0 aromatic carbocycles. The summed E-state index contributed by atoms with van der Waals surface area (Å²) in [7, 11) is 0. The third kappa shape index (κ3) is 5.74. The summed E-state index contributed by atoms with van der Waals surface area (Å²) in [4.78, 5) is 4.15. The van der Waals surface area contributed by atoms with Gasteiger partial charge in [-0.25, -0.2) is 0 Å². The highest BCUT2D eigenvalue weighted by Crippen LogP contribution is 2.15. The summed E-state index contributed by atoms with van der Waals surface area (Å²) in [6, 6.07) is 2.35. The van der Waals surface area contributed by atoms with Crippen molar-refractivity contribution in [2.75, 3.05) is 23.8 Å². The Hall–Kier alpha value is -0.740. The van der Waals surface area contributed by atoms with Crippen LogP contribution < -0.4 is 11.1 Å². The van der Waals surface area contributed by atoms with E-state index in [2.05, 4.69) is 31.1 Å². The van der Waals surface area contributed by atoms with Crippen molar-refractivity contribution in [3.8, 4) is 0 Å². The predicted octanol–water partition coefficient (Wildman–Crippen LogP) is 2.57. The number of nitrogens with one attached hydrogen (secondary N) is 1. The van der Waals surface area contributed by atoms with Crippen molar-refractivity contribution in [1.29, 1.82) is 0 Å². The molecule has 1 aromatic rings. The van der Waals surface area contributed by atoms with E-state index in [9.17, 15) is 0 Å². The maximum Gasteiger partial charge on any atom is 0.0378 e. The molecule has 102 valence electrons. The molecule has 18 heavy (non-hydrogen) atoms. The second-order valence-electron chi connectivity index (χ2n) is 4.96. The largest absolute Gasteiger partial charge is 0.398 e. The van der Waals surface area contributed by atoms with Crippen molar-refractivity contribution in [2.45, 2.75) is 33.2 Å². The summed E-state index contributed by atoms with van der Waals surface area (Å²) >= 11 is 2.01. The maximum atomic E-state index is 5.97. The highest BCUT2D eigenvalue weighted by Gasteiger charge is 2.11. The van der Waals surface area contributed by atoms with E-state index in [0.717, 1.165) is 35.9 Å². The second-order valence-corrected chi connectivity index (χ2v) is 6.04. The van der Waals surface area contributed by atoms with Gasteiger partial charge in [-0.3, -0.25) is 4.98 Å². The lowest BCUT2D eigenvalue weighted by atomic mass is 10.1. The molecule has 4 heteroatoms. The maximum absolute atomic E-state index is 5.97. The lowest BCUT2D eigenvalue weighted by Crippen LogP contribution is -2.33. The van der Waals surface area contributed by atoms with E-state index in [1.807, 2.05) is 24.0 Å². The monoisotopic (exact) mass is 267 g/mol. The van der Waals surface area contributed by atoms with Crippen LogP contribution in [-0.2, 0) is 6.42 Å². The fourth-order valence-electron chi connectivity index (χ4n) is 1.80. The summed E-state index contributed by atoms with van der Waals surface area (Å²) in [5, 5.41) is 3.53. The molecule has 0 radical (unpaired) electrons. The third-order valence-corrected chi connectivity index (χ3v) is 4.21. The molecule has 0 amide bonds. The number of aromatic nitrogens is 1. The summed E-state index contributed by atoms with van der Waals surface area (Å²) in [5.41, 5.74) is 7.96. The SMILES string of the molecule is CCNC(CSCC(C)C)Cc1cnccc1N. The Kier molecular flexibility index (Phi) is 7.13. The average molecular weight is 267 g/mol. The van der Waals surface area contributed by atoms with Gasteiger partial charge in [0.2, 0.25) is 0 Å². The molecule has 3 nitrogen and oxygen atoms in total. The topological polar surface area (TPSA) is 50.9 Å². The van der Waals surface area contributed by atoms with Crippen LogP contribution in [0.5, 0.6) is 0 Å². The Morgan fingerprint density at radius 2 is 2.17 bits per heavy atom. The normalized spacial score (nSPS) is 12.9. The van der Waals surface area contributed by atoms with Crippen LogP contribution in [-0.4, -0.2) is 29.1 Å². The lowest BCUT2D eigenvalue weighted by Gasteiger charge is -2.18. The Bertz CT molecular complexity index is 342. The van der Waals surface area contributed by atoms with E-state index >= 15 is 0 Å². The van der Waals surface area contributed by atoms with Crippen molar-refractivity contribution < 1.29 is 0 Å². The number of nitrogens with two attached hydrogens (primary N) is 1. The molecular formula is C14H25N3S. The lowest BCUT2D eigenvalue weighted by molar-refractivity contribution is 0.572. The first-order valence-electron chi connectivity index (χ1n) is 6.63. The van der Waals surface area contributed by atoms with E-state index < -0.39 is 0 Å². The van der Waals surface area contributed by atoms with Crippen LogP contribution in [0.15, 0.2) is 18.5 Å². The van der Waals surface area contributed by atoms with E-state index in [1.54, 1.807) is 6.20 Å². The number of pyridine rings is 1. The van der Waals surface area contributed by atoms with E-state index in [1.165, 1.54) is 5.75 Å². The van der Waals surface area contributed by atoms with Crippen LogP contribution in [0.3, 0.4) is 0 Å². The first-order valence-corrected chi connectivity index (χ1v) is 7.78. The van der Waals surface area contributed by atoms with Gasteiger partial charge in [0.1, 0.15) is 0 Å². The molecule has 0 fully saturated rings. The van der Waals surface area contributed by atoms with E-state index in [-0.39, 0.29) is 0 Å². The minimum Gasteiger partial charge on any atom is -0.398 e. The molecule has 1 rings (SSSR count). The molecular weight excluding hydrogens is 242 g/mol. The summed E-state index contributed by atoms with van der Waals surface area (Å²) in [6.07, 6.45) is 4.58. The fourth-order valence-corrected chi connectivity index (χ4v) is 2.93. The van der Waals surface area contributed by atoms with Crippen molar-refractivity contribution in [2.24, 2.45) is 5.92 Å². The standard InChI is InChI=1S/C14H25N3S/c1-4-17-13(10-18-9-11(2)3)7-12-8-16-6-5-14(12)15/h5-6,8,11,13,17H,4,7,9-10H2,1-3H3,(H2,15,16). The summed E-state index contributed by atoms with van der Waals surface area (Å²) in [6.45, 7) is 7.66. The number of rotatable bonds is 8. The van der Waals surface area contributed by atoms with E-state index in [0.29, 0.717) is 6.04 Å². The fraction of sp³-hybridized carbons (Fsp3) is 0.643. The van der Waals surface area contributed by atoms with Gasteiger partial charge in [-0.1, -0.05) is 20.8 Å². The first kappa shape index (κ1) is 15.3. The first-order chi connectivity index (χ1) is 8.63. The zero-order chi connectivity index (χ0) is 13.4. The zero-order valence-corrected chi connectivity index (χ0v) is 12.5. The zero-order valence-electron chi connectivity index (χ0n) is 11.6. The molecule has 0 aliphatic carbocycles. The van der Waals surface area contributed by atoms with Crippen molar-refractivity contribution in [1.82, 2.24) is 10.3 Å². The van der Waals surface area contributed by atoms with Gasteiger partial charge in [-0.05, 0) is 36.3 Å². The minimum atomic E-state index is 0.477. The molecule has 3 N–H and O–H groups in total. The van der Waals surface area contributed by atoms with Gasteiger partial charge in [0.05, 0.1) is 0 Å². The number of hydrogen-bond donors (Lipinski definition) is 2. The second kappa shape index (κ2) is 8.38. The number of likely N-dealkylation sites (N-methyl/N-ethyl adjacent to an activating group) is 1. The number of anilines is 1. The third-order valence-electron chi connectivity index (χ3n) is 2.67. The summed E-state index contributed by atoms with van der Waals surface area (Å²) in [5.74, 6) is 3.09. The van der Waals surface area contributed by atoms with Gasteiger partial charge in [-0.2, -0.15) is 11.8 Å². The Labute approximate surface area is 115 Å². The Balaban J connectivity index is 2.49. The minimum absolute atomic E-state index is 0.477. The molecule has 0 saturated heterocycles. The van der Waals surface area contributed by atoms with Crippen LogP contribution in [0.2, 0.25) is 0 Å². The van der Waals surface area contributed by atoms with Gasteiger partial charge in [-0.15, -0.1) is 0 Å². The smallest absolute Gasteiger partial charge is 0.0378 e. The van der Waals surface area contributed by atoms with E-state index in [4.69, 9.17) is 5.73 Å². The molecule has 0 aliphatic heterocycles. The Morgan fingerprint density at radius 1 is 1.39 bits per heavy atom. The van der Waals surface area contributed by atoms with Crippen molar-refractivity contribution in [3.63, 3.8) is 0 Å². The van der Waals surface area contributed by atoms with Crippen LogP contribution >= 0.6 is 11.8 Å². The molecule has 1 atom stereocenters. The quantitative estimate of drug-likeness (QED) is 0.760. The molecule has 0 aliphatic rings. The van der Waals surface area contributed by atoms with Gasteiger partial charge in [0, 0.05) is 29.9 Å². The molecule has 1 unspecified atom stereocenters. The van der Waals surface area contributed by atoms with Crippen molar-refractivity contribution in [3.05, 3.63) is 24.0 Å². The number of nitrogen functional groups attached to an aromatic ring is 1. The van der Waals surface area contributed by atoms with Crippen LogP contribution in [0, 0.1) is 5.92 Å². The highest BCUT2D eigenvalue weighted by molar-refractivity contribution is 7.99. The molecule has 0 bridgehead atoms. The van der Waals surface area contributed by atoms with Crippen LogP contribution in [0.1, 0.15) is 26.3 Å². The molecule has 0 spiro atoms. The summed E-state index contributed by atoms with van der Waals surface area (Å²) < 4.78 is 0. The molecule has 1 aromatic heterocycles. The van der Waals surface area contributed by atoms with Gasteiger partial charge < -0.3 is 11.1 Å². The number of thioether (sulfide) groups is 1. The number of hydrogen-bond acceptors (Lipinski definition) is 4. The molecule has 0 saturated carbocycles. The average Bonchev–Trinajstić information content (AvgIpc) is 2.32. The van der Waals surface area contributed by atoms with Gasteiger partial charge in [0.25, 0.3) is 0 Å². The molecule has 1 heterocycles. The van der Waals surface area contributed by atoms with Gasteiger partial charge >= 0.3 is 0 Å². The predicted molar refractivity (Wildman–Crippen MR) is 82.0 cm³/mol. The van der Waals surface area contributed by atoms with Crippen molar-refractivity contribution >= 4 is 17.4 Å².